The molecule has 0 spiro atoms. The number of aryl methyl sites for hydroxylation is 1. The zero-order valence-electron chi connectivity index (χ0n) is 10.2. The number of hydrogen-bond donors (Lipinski definition) is 2. The summed E-state index contributed by atoms with van der Waals surface area (Å²) in [5, 5.41) is 11.8. The molecule has 2 rings (SSSR count). The van der Waals surface area contributed by atoms with E-state index in [1.807, 2.05) is 0 Å². The Balaban J connectivity index is 2.00. The fourth-order valence-electron chi connectivity index (χ4n) is 1.88. The lowest BCUT2D eigenvalue weighted by Crippen LogP contribution is -2.30. The summed E-state index contributed by atoms with van der Waals surface area (Å²) < 4.78 is 5.16. The Morgan fingerprint density at radius 3 is 2.74 bits per heavy atom. The number of aromatic nitrogens is 1. The van der Waals surface area contributed by atoms with Crippen molar-refractivity contribution in [2.45, 2.75) is 32.0 Å². The van der Waals surface area contributed by atoms with E-state index < -0.39 is 18.2 Å². The van der Waals surface area contributed by atoms with Gasteiger partial charge >= 0.3 is 5.97 Å². The third-order valence-corrected chi connectivity index (χ3v) is 3.13. The van der Waals surface area contributed by atoms with Crippen molar-refractivity contribution < 1.29 is 19.4 Å². The molecule has 1 fully saturated rings. The van der Waals surface area contributed by atoms with Crippen molar-refractivity contribution in [2.75, 3.05) is 5.32 Å². The molecule has 0 aliphatic carbocycles. The summed E-state index contributed by atoms with van der Waals surface area (Å²) in [6.07, 6.45) is 0.546. The minimum atomic E-state index is -1.04. The Labute approximate surface area is 114 Å². The predicted octanol–water partition coefficient (Wildman–Crippen LogP) is 1.61. The first-order chi connectivity index (χ1) is 8.97. The highest BCUT2D eigenvalue weighted by Crippen LogP contribution is 2.22. The first kappa shape index (κ1) is 13.8. The van der Waals surface area contributed by atoms with Crippen molar-refractivity contribution in [3.8, 4) is 0 Å². The lowest BCUT2D eigenvalue weighted by atomic mass is 10.2. The van der Waals surface area contributed by atoms with Crippen LogP contribution in [0.2, 0.25) is 5.15 Å². The molecule has 19 heavy (non-hydrogen) atoms. The van der Waals surface area contributed by atoms with E-state index in [-0.39, 0.29) is 5.91 Å². The summed E-state index contributed by atoms with van der Waals surface area (Å²) in [4.78, 5) is 26.5. The number of ether oxygens (including phenoxy) is 1. The zero-order valence-corrected chi connectivity index (χ0v) is 11.0. The Morgan fingerprint density at radius 2 is 2.16 bits per heavy atom. The SMILES string of the molecule is Cc1cc(Cl)ncc1NC(=O)[C@@H]1CC[C@H](C(=O)O)O1. The second kappa shape index (κ2) is 5.54. The van der Waals surface area contributed by atoms with Gasteiger partial charge in [0, 0.05) is 0 Å². The Morgan fingerprint density at radius 1 is 1.47 bits per heavy atom. The van der Waals surface area contributed by atoms with Gasteiger partial charge in [0.15, 0.2) is 6.10 Å². The van der Waals surface area contributed by atoms with Crippen molar-refractivity contribution in [1.82, 2.24) is 4.98 Å². The lowest BCUT2D eigenvalue weighted by molar-refractivity contribution is -0.150. The molecular weight excluding hydrogens is 272 g/mol. The molecule has 2 heterocycles. The van der Waals surface area contributed by atoms with Crippen LogP contribution >= 0.6 is 11.6 Å². The highest BCUT2D eigenvalue weighted by molar-refractivity contribution is 6.29. The summed E-state index contributed by atoms with van der Waals surface area (Å²) in [6, 6.07) is 1.63. The summed E-state index contributed by atoms with van der Waals surface area (Å²) in [5.74, 6) is -1.41. The molecule has 0 saturated carbocycles. The number of carboxylic acids is 1. The minimum Gasteiger partial charge on any atom is -0.479 e. The molecule has 1 amide bonds. The maximum atomic E-state index is 11.9. The number of carboxylic acid groups (broad SMARTS) is 1. The second-order valence-corrected chi connectivity index (χ2v) is 4.73. The van der Waals surface area contributed by atoms with Crippen molar-refractivity contribution in [3.63, 3.8) is 0 Å². The average molecular weight is 285 g/mol. The van der Waals surface area contributed by atoms with Crippen LogP contribution in [0.5, 0.6) is 0 Å². The molecule has 102 valence electrons. The van der Waals surface area contributed by atoms with Crippen molar-refractivity contribution >= 4 is 29.2 Å². The van der Waals surface area contributed by atoms with E-state index in [2.05, 4.69) is 10.3 Å². The van der Waals surface area contributed by atoms with Crippen molar-refractivity contribution in [1.29, 1.82) is 0 Å². The van der Waals surface area contributed by atoms with Crippen LogP contribution in [0.4, 0.5) is 5.69 Å². The maximum Gasteiger partial charge on any atom is 0.332 e. The van der Waals surface area contributed by atoms with Gasteiger partial charge in [-0.25, -0.2) is 9.78 Å². The van der Waals surface area contributed by atoms with Gasteiger partial charge in [0.05, 0.1) is 11.9 Å². The van der Waals surface area contributed by atoms with Crippen LogP contribution in [0, 0.1) is 6.92 Å². The number of nitrogens with zero attached hydrogens (tertiary/aromatic N) is 1. The fraction of sp³-hybridized carbons (Fsp3) is 0.417. The number of anilines is 1. The zero-order chi connectivity index (χ0) is 14.0. The average Bonchev–Trinajstić information content (AvgIpc) is 2.82. The number of rotatable bonds is 3. The summed E-state index contributed by atoms with van der Waals surface area (Å²) in [6.45, 7) is 1.79. The molecule has 0 bridgehead atoms. The summed E-state index contributed by atoms with van der Waals surface area (Å²) in [5.41, 5.74) is 1.32. The van der Waals surface area contributed by atoms with E-state index in [1.54, 1.807) is 13.0 Å². The van der Waals surface area contributed by atoms with Crippen molar-refractivity contribution in [3.05, 3.63) is 23.0 Å². The number of halogens is 1. The van der Waals surface area contributed by atoms with Gasteiger partial charge in [0.25, 0.3) is 5.91 Å². The molecule has 0 aromatic carbocycles. The first-order valence-electron chi connectivity index (χ1n) is 5.78. The third-order valence-electron chi connectivity index (χ3n) is 2.92. The molecule has 0 unspecified atom stereocenters. The van der Waals surface area contributed by atoms with Gasteiger partial charge in [-0.1, -0.05) is 11.6 Å². The van der Waals surface area contributed by atoms with Gasteiger partial charge in [0.1, 0.15) is 11.3 Å². The van der Waals surface area contributed by atoms with E-state index in [1.165, 1.54) is 6.20 Å². The van der Waals surface area contributed by atoms with E-state index >= 15 is 0 Å². The topological polar surface area (TPSA) is 88.5 Å². The summed E-state index contributed by atoms with van der Waals surface area (Å²) in [7, 11) is 0. The van der Waals surface area contributed by atoms with Gasteiger partial charge < -0.3 is 15.2 Å². The van der Waals surface area contributed by atoms with Gasteiger partial charge in [-0.2, -0.15) is 0 Å². The molecule has 0 radical (unpaired) electrons. The molecule has 7 heteroatoms. The smallest absolute Gasteiger partial charge is 0.332 e. The number of nitrogens with one attached hydrogen (secondary N) is 1. The number of amides is 1. The molecule has 1 saturated heterocycles. The lowest BCUT2D eigenvalue weighted by Gasteiger charge is -2.13. The Bertz CT molecular complexity index is 520. The second-order valence-electron chi connectivity index (χ2n) is 4.34. The minimum absolute atomic E-state index is 0.339. The van der Waals surface area contributed by atoms with Gasteiger partial charge in [0.2, 0.25) is 0 Å². The largest absolute Gasteiger partial charge is 0.479 e. The molecule has 2 atom stereocenters. The van der Waals surface area contributed by atoms with E-state index in [0.717, 1.165) is 5.56 Å². The number of carbonyl (C=O) groups is 2. The maximum absolute atomic E-state index is 11.9. The van der Waals surface area contributed by atoms with Crippen LogP contribution in [0.15, 0.2) is 12.3 Å². The van der Waals surface area contributed by atoms with Crippen LogP contribution in [0.25, 0.3) is 0 Å². The van der Waals surface area contributed by atoms with E-state index in [9.17, 15) is 9.59 Å². The van der Waals surface area contributed by atoms with Crippen LogP contribution in [0.3, 0.4) is 0 Å². The van der Waals surface area contributed by atoms with Gasteiger partial charge in [-0.15, -0.1) is 0 Å². The molecule has 6 nitrogen and oxygen atoms in total. The Hall–Kier alpha value is -1.66. The fourth-order valence-corrected chi connectivity index (χ4v) is 2.09. The molecule has 1 aliphatic rings. The first-order valence-corrected chi connectivity index (χ1v) is 6.16. The molecule has 2 N–H and O–H groups in total. The predicted molar refractivity (Wildman–Crippen MR) is 68.1 cm³/mol. The normalized spacial score (nSPS) is 22.2. The van der Waals surface area contributed by atoms with Gasteiger partial charge in [-0.3, -0.25) is 4.79 Å². The number of carbonyl (C=O) groups excluding carboxylic acids is 1. The van der Waals surface area contributed by atoms with E-state index in [0.29, 0.717) is 23.7 Å². The standard InChI is InChI=1S/C12H13ClN2O4/c1-6-4-10(13)14-5-7(6)15-11(16)8-2-3-9(19-8)12(17)18/h4-5,8-9H,2-3H2,1H3,(H,15,16)(H,17,18)/t8-,9+/m0/s1. The van der Waals surface area contributed by atoms with Crippen LogP contribution in [-0.2, 0) is 14.3 Å². The molecule has 1 aromatic rings. The molecule has 1 aliphatic heterocycles. The van der Waals surface area contributed by atoms with E-state index in [4.69, 9.17) is 21.4 Å². The van der Waals surface area contributed by atoms with Crippen LogP contribution in [0.1, 0.15) is 18.4 Å². The van der Waals surface area contributed by atoms with Crippen molar-refractivity contribution in [2.24, 2.45) is 0 Å². The molecule has 1 aromatic heterocycles. The Kier molecular flexibility index (Phi) is 4.01. The van der Waals surface area contributed by atoms with Gasteiger partial charge in [-0.05, 0) is 31.4 Å². The number of hydrogen-bond acceptors (Lipinski definition) is 4. The quantitative estimate of drug-likeness (QED) is 0.823. The summed E-state index contributed by atoms with van der Waals surface area (Å²) >= 11 is 5.72. The number of aliphatic carboxylic acids is 1. The third kappa shape index (κ3) is 3.21. The number of pyridine rings is 1. The van der Waals surface area contributed by atoms with Crippen LogP contribution < -0.4 is 5.32 Å². The monoisotopic (exact) mass is 284 g/mol. The highest BCUT2D eigenvalue weighted by Gasteiger charge is 2.34. The van der Waals surface area contributed by atoms with Crippen LogP contribution in [-0.4, -0.2) is 34.2 Å². The molecular formula is C12H13ClN2O4. The highest BCUT2D eigenvalue weighted by atomic mass is 35.5.